The van der Waals surface area contributed by atoms with Crippen LogP contribution in [0.25, 0.3) is 5.57 Å². The summed E-state index contributed by atoms with van der Waals surface area (Å²) in [6, 6.07) is 14.9. The van der Waals surface area contributed by atoms with Crippen LogP contribution in [0.1, 0.15) is 98.3 Å². The molecule has 2 aromatic rings. The third-order valence-electron chi connectivity index (χ3n) is 8.28. The fourth-order valence-electron chi connectivity index (χ4n) is 5.89. The molecule has 5 heteroatoms. The van der Waals surface area contributed by atoms with Crippen molar-refractivity contribution >= 4 is 11.4 Å². The van der Waals surface area contributed by atoms with Crippen molar-refractivity contribution in [1.82, 2.24) is 10.6 Å². The van der Waals surface area contributed by atoms with E-state index in [-0.39, 0.29) is 31.3 Å². The average Bonchev–Trinajstić information content (AvgIpc) is 3.85. The summed E-state index contributed by atoms with van der Waals surface area (Å²) < 4.78 is 11.7. The number of allylic oxidation sites excluding steroid dienone is 3. The minimum atomic E-state index is -0.255. The first-order chi connectivity index (χ1) is 22.0. The summed E-state index contributed by atoms with van der Waals surface area (Å²) in [6.45, 7) is 19.4. The molecule has 4 aliphatic rings. The standard InChI is InChI=1S/C34H37N2O3.3C2H6.CH4/c1-22-18-29(28-12-13-33-34(21-28)39-17-16-38-33)20-32-27(14-15-35-32)4-3-5-30(22)36-31(23(2)37)19-24-6-8-25(9-7-24)26-10-11-26;3*1-2;/h6-15,20-21,27,30-32,35-36H,1,3-5,16-19H2,2H3;3*1-2H3;1H4/b29-20+;;;;/t27?,30?,31-,32?;;;;/m0..../s1. The molecule has 2 aromatic carbocycles. The van der Waals surface area contributed by atoms with Crippen molar-refractivity contribution in [1.29, 1.82) is 0 Å². The van der Waals surface area contributed by atoms with E-state index in [1.54, 1.807) is 6.92 Å². The van der Waals surface area contributed by atoms with Gasteiger partial charge in [-0.25, -0.2) is 0 Å². The summed E-state index contributed by atoms with van der Waals surface area (Å²) in [6.07, 6.45) is 15.5. The smallest absolute Gasteiger partial charge is 0.161 e. The molecule has 0 bridgehead atoms. The molecule has 0 aromatic heterocycles. The summed E-state index contributed by atoms with van der Waals surface area (Å²) in [5.41, 5.74) is 5.86. The molecule has 0 amide bonds. The monoisotopic (exact) mass is 627 g/mol. The summed E-state index contributed by atoms with van der Waals surface area (Å²) in [7, 11) is 0. The van der Waals surface area contributed by atoms with Gasteiger partial charge in [0.15, 0.2) is 11.5 Å². The molecule has 46 heavy (non-hydrogen) atoms. The van der Waals surface area contributed by atoms with E-state index < -0.39 is 0 Å². The number of benzene rings is 2. The first-order valence-electron chi connectivity index (χ1n) is 17.2. The summed E-state index contributed by atoms with van der Waals surface area (Å²) in [5, 5.41) is 7.27. The van der Waals surface area contributed by atoms with Crippen molar-refractivity contribution in [3.63, 3.8) is 0 Å². The molecule has 2 N–H and O–H groups in total. The van der Waals surface area contributed by atoms with E-state index in [0.29, 0.717) is 25.6 Å². The number of fused-ring (bicyclic) bond motifs is 2. The van der Waals surface area contributed by atoms with Gasteiger partial charge in [0.2, 0.25) is 0 Å². The summed E-state index contributed by atoms with van der Waals surface area (Å²) >= 11 is 0. The van der Waals surface area contributed by atoms with E-state index in [1.165, 1.54) is 22.6 Å². The Morgan fingerprint density at radius 2 is 1.59 bits per heavy atom. The Morgan fingerprint density at radius 3 is 2.24 bits per heavy atom. The van der Waals surface area contributed by atoms with Gasteiger partial charge in [-0.05, 0) is 73.2 Å². The van der Waals surface area contributed by atoms with E-state index in [1.807, 2.05) is 47.6 Å². The zero-order valence-corrected chi connectivity index (χ0v) is 28.6. The average molecular weight is 628 g/mol. The van der Waals surface area contributed by atoms with Crippen LogP contribution in [0, 0.1) is 11.8 Å². The maximum absolute atomic E-state index is 12.8. The minimum absolute atomic E-state index is 0. The fourth-order valence-corrected chi connectivity index (χ4v) is 5.89. The lowest BCUT2D eigenvalue weighted by atomic mass is 9.85. The van der Waals surface area contributed by atoms with Gasteiger partial charge in [0.05, 0.1) is 12.1 Å². The highest BCUT2D eigenvalue weighted by Crippen LogP contribution is 2.37. The third-order valence-corrected chi connectivity index (χ3v) is 8.28. The van der Waals surface area contributed by atoms with Crippen LogP contribution < -0.4 is 20.1 Å². The maximum atomic E-state index is 12.8. The quantitative estimate of drug-likeness (QED) is 0.300. The largest absolute Gasteiger partial charge is 0.486 e. The van der Waals surface area contributed by atoms with Crippen molar-refractivity contribution in [2.45, 2.75) is 106 Å². The van der Waals surface area contributed by atoms with Gasteiger partial charge in [-0.15, -0.1) is 0 Å². The third kappa shape index (κ3) is 10.5. The van der Waals surface area contributed by atoms with Crippen molar-refractivity contribution in [2.75, 3.05) is 13.2 Å². The molecule has 2 aliphatic carbocycles. The topological polar surface area (TPSA) is 59.6 Å². The van der Waals surface area contributed by atoms with Crippen molar-refractivity contribution in [3.8, 4) is 11.5 Å². The number of ketones is 1. The predicted octanol–water partition coefficient (Wildman–Crippen LogP) is 9.44. The molecule has 0 saturated heterocycles. The molecule has 4 atom stereocenters. The van der Waals surface area contributed by atoms with Crippen LogP contribution in [0.4, 0.5) is 0 Å². The van der Waals surface area contributed by atoms with Crippen molar-refractivity contribution in [2.24, 2.45) is 5.92 Å². The number of ether oxygens (including phenoxy) is 2. The van der Waals surface area contributed by atoms with Crippen LogP contribution in [-0.4, -0.2) is 37.1 Å². The lowest BCUT2D eigenvalue weighted by Gasteiger charge is -2.29. The molecule has 0 saturated carbocycles. The van der Waals surface area contributed by atoms with Crippen LogP contribution in [0.15, 0.2) is 85.1 Å². The second-order valence-corrected chi connectivity index (χ2v) is 11.1. The van der Waals surface area contributed by atoms with E-state index in [0.717, 1.165) is 48.3 Å². The van der Waals surface area contributed by atoms with Gasteiger partial charge in [0, 0.05) is 17.9 Å². The highest BCUT2D eigenvalue weighted by atomic mass is 16.6. The Balaban J connectivity index is 0.000000995. The molecule has 0 spiro atoms. The summed E-state index contributed by atoms with van der Waals surface area (Å²) in [4.78, 5) is 12.8. The number of carbonyl (C=O) groups excluding carboxylic acids is 1. The first kappa shape index (κ1) is 38.6. The van der Waals surface area contributed by atoms with E-state index in [2.05, 4.69) is 84.1 Å². The maximum Gasteiger partial charge on any atom is 0.161 e. The molecule has 0 fully saturated rings. The number of hydrogen-bond donors (Lipinski definition) is 2. The van der Waals surface area contributed by atoms with Gasteiger partial charge >= 0.3 is 0 Å². The molecular weight excluding hydrogens is 568 g/mol. The molecule has 2 heterocycles. The SMILES string of the molecule is C.C=C1C/C(c2ccc3c(c2)OCCO3)=C\C2NC=CC2CCCC1N[C@@H](Cc1ccc([C]2C=C2)cc1)C(C)=O.CC.CC.CC. The second kappa shape index (κ2) is 19.8. The molecule has 1 radical (unpaired) electrons. The second-order valence-electron chi connectivity index (χ2n) is 11.1. The van der Waals surface area contributed by atoms with Crippen LogP contribution >= 0.6 is 0 Å². The van der Waals surface area contributed by atoms with Crippen LogP contribution in [0.5, 0.6) is 11.5 Å². The predicted molar refractivity (Wildman–Crippen MR) is 196 cm³/mol. The number of nitrogens with one attached hydrogen (secondary N) is 2. The Labute approximate surface area is 280 Å². The highest BCUT2D eigenvalue weighted by molar-refractivity contribution is 5.82. The molecule has 251 valence electrons. The Hall–Kier alpha value is -3.57. The lowest BCUT2D eigenvalue weighted by molar-refractivity contribution is -0.119. The number of hydrogen-bond acceptors (Lipinski definition) is 5. The van der Waals surface area contributed by atoms with Crippen LogP contribution in [0.3, 0.4) is 0 Å². The molecule has 6 rings (SSSR count). The number of Topliss-reactive ketones (excluding diaryl/α,β-unsaturated/α-hetero) is 1. The van der Waals surface area contributed by atoms with Gasteiger partial charge in [-0.2, -0.15) is 0 Å². The van der Waals surface area contributed by atoms with Gasteiger partial charge in [-0.3, -0.25) is 4.79 Å². The van der Waals surface area contributed by atoms with Crippen molar-refractivity contribution < 1.29 is 14.3 Å². The normalized spacial score (nSPS) is 22.6. The summed E-state index contributed by atoms with van der Waals surface area (Å²) in [5.74, 6) is 3.49. The van der Waals surface area contributed by atoms with Gasteiger partial charge in [0.25, 0.3) is 0 Å². The highest BCUT2D eigenvalue weighted by Gasteiger charge is 2.27. The minimum Gasteiger partial charge on any atom is -0.486 e. The Bertz CT molecular complexity index is 1320. The van der Waals surface area contributed by atoms with Crippen LogP contribution in [-0.2, 0) is 11.2 Å². The molecule has 2 aliphatic heterocycles. The number of carbonyl (C=O) groups is 1. The van der Waals surface area contributed by atoms with E-state index >= 15 is 0 Å². The first-order valence-corrected chi connectivity index (χ1v) is 17.2. The Kier molecular flexibility index (Phi) is 16.7. The van der Waals surface area contributed by atoms with E-state index in [4.69, 9.17) is 9.47 Å². The van der Waals surface area contributed by atoms with Gasteiger partial charge in [0.1, 0.15) is 19.0 Å². The van der Waals surface area contributed by atoms with Crippen molar-refractivity contribution in [3.05, 3.63) is 108 Å². The Morgan fingerprint density at radius 1 is 0.935 bits per heavy atom. The zero-order valence-electron chi connectivity index (χ0n) is 28.6. The molecular formula is C41H59N2O3. The molecule has 3 unspecified atom stereocenters. The van der Waals surface area contributed by atoms with E-state index in [9.17, 15) is 4.79 Å². The van der Waals surface area contributed by atoms with Crippen LogP contribution in [0.2, 0.25) is 0 Å². The van der Waals surface area contributed by atoms with Gasteiger partial charge in [-0.1, -0.05) is 122 Å². The fraction of sp³-hybridized carbons (Fsp3) is 0.463. The lowest BCUT2D eigenvalue weighted by Crippen LogP contribution is -2.45. The number of rotatable bonds is 7. The zero-order chi connectivity index (χ0) is 32.8. The molecule has 5 nitrogen and oxygen atoms in total. The van der Waals surface area contributed by atoms with Gasteiger partial charge < -0.3 is 20.1 Å².